The van der Waals surface area contributed by atoms with Gasteiger partial charge >= 0.3 is 23.9 Å². The van der Waals surface area contributed by atoms with Crippen LogP contribution in [0.3, 0.4) is 0 Å². The molecule has 20 heavy (non-hydrogen) atoms. The molecule has 0 saturated carbocycles. The summed E-state index contributed by atoms with van der Waals surface area (Å²) in [5.74, 6) is -21.5. The molecule has 13 heteroatoms. The zero-order valence-corrected chi connectivity index (χ0v) is 8.71. The standard InChI is InChI=1S/C7H4F12O/c8-1(3(10)11)2(9)4(12,13)5(14,15)6(16,17)7(18,19)20/h1-3,20H. The minimum Gasteiger partial charge on any atom is -0.331 e. The maximum absolute atomic E-state index is 12.6. The molecule has 0 heterocycles. The zero-order chi connectivity index (χ0) is 16.7. The lowest BCUT2D eigenvalue weighted by Gasteiger charge is -2.36. The first-order chi connectivity index (χ1) is 8.51. The van der Waals surface area contributed by atoms with E-state index in [1.54, 1.807) is 0 Å². The Morgan fingerprint density at radius 2 is 1.00 bits per heavy atom. The second kappa shape index (κ2) is 5.15. The van der Waals surface area contributed by atoms with E-state index in [9.17, 15) is 52.7 Å². The molecule has 0 radical (unpaired) electrons. The van der Waals surface area contributed by atoms with E-state index in [4.69, 9.17) is 5.11 Å². The predicted octanol–water partition coefficient (Wildman–Crippen LogP) is 3.42. The van der Waals surface area contributed by atoms with Crippen LogP contribution in [0.2, 0.25) is 0 Å². The molecule has 0 aliphatic rings. The Morgan fingerprint density at radius 3 is 1.25 bits per heavy atom. The first kappa shape index (κ1) is 19.1. The molecule has 0 spiro atoms. The number of alkyl halides is 12. The van der Waals surface area contributed by atoms with Gasteiger partial charge in [0, 0.05) is 0 Å². The maximum atomic E-state index is 12.6. The summed E-state index contributed by atoms with van der Waals surface area (Å²) in [6.07, 6.45) is -21.2. The van der Waals surface area contributed by atoms with Crippen molar-refractivity contribution in [2.45, 2.75) is 42.6 Å². The summed E-state index contributed by atoms with van der Waals surface area (Å²) >= 11 is 0. The number of rotatable bonds is 6. The minimum atomic E-state index is -7.35. The highest BCUT2D eigenvalue weighted by Gasteiger charge is 2.83. The van der Waals surface area contributed by atoms with Gasteiger partial charge < -0.3 is 5.11 Å². The van der Waals surface area contributed by atoms with E-state index < -0.39 is 42.6 Å². The number of hydrogen-bond acceptors (Lipinski definition) is 1. The fraction of sp³-hybridized carbons (Fsp3) is 1.00. The van der Waals surface area contributed by atoms with Gasteiger partial charge in [0.25, 0.3) is 6.43 Å². The van der Waals surface area contributed by atoms with Crippen molar-refractivity contribution in [1.29, 1.82) is 0 Å². The Labute approximate surface area is 102 Å². The first-order valence-corrected chi connectivity index (χ1v) is 4.31. The lowest BCUT2D eigenvalue weighted by molar-refractivity contribution is -0.424. The average molecular weight is 332 g/mol. The van der Waals surface area contributed by atoms with E-state index in [2.05, 4.69) is 0 Å². The van der Waals surface area contributed by atoms with Crippen molar-refractivity contribution in [2.75, 3.05) is 0 Å². The van der Waals surface area contributed by atoms with Crippen molar-refractivity contribution < 1.29 is 57.8 Å². The minimum absolute atomic E-state index is 4.60. The largest absolute Gasteiger partial charge is 0.423 e. The molecule has 0 aromatic heterocycles. The fourth-order valence-electron chi connectivity index (χ4n) is 0.899. The molecule has 0 amide bonds. The van der Waals surface area contributed by atoms with Crippen molar-refractivity contribution in [3.05, 3.63) is 0 Å². The summed E-state index contributed by atoms with van der Waals surface area (Å²) in [6, 6.07) is 0. The van der Waals surface area contributed by atoms with E-state index in [0.717, 1.165) is 0 Å². The third-order valence-electron chi connectivity index (χ3n) is 2.06. The molecule has 1 nitrogen and oxygen atoms in total. The topological polar surface area (TPSA) is 20.2 Å². The van der Waals surface area contributed by atoms with Gasteiger partial charge in [-0.1, -0.05) is 0 Å². The van der Waals surface area contributed by atoms with Crippen molar-refractivity contribution >= 4 is 0 Å². The predicted molar refractivity (Wildman–Crippen MR) is 37.8 cm³/mol. The highest BCUT2D eigenvalue weighted by molar-refractivity contribution is 5.05. The van der Waals surface area contributed by atoms with Crippen LogP contribution >= 0.6 is 0 Å². The van der Waals surface area contributed by atoms with Crippen molar-refractivity contribution in [3.8, 4) is 0 Å². The van der Waals surface area contributed by atoms with Gasteiger partial charge in [0.1, 0.15) is 0 Å². The summed E-state index contributed by atoms with van der Waals surface area (Å²) in [6.45, 7) is 0. The molecule has 0 bridgehead atoms. The van der Waals surface area contributed by atoms with Gasteiger partial charge in [0.05, 0.1) is 0 Å². The molecule has 0 aromatic rings. The lowest BCUT2D eigenvalue weighted by atomic mass is 9.97. The van der Waals surface area contributed by atoms with Gasteiger partial charge in [-0.15, -0.1) is 0 Å². The van der Waals surface area contributed by atoms with Gasteiger partial charge in [-0.05, 0) is 0 Å². The Bertz CT molecular complexity index is 333. The Morgan fingerprint density at radius 1 is 0.650 bits per heavy atom. The highest BCUT2D eigenvalue weighted by atomic mass is 19.4. The molecule has 0 fully saturated rings. The van der Waals surface area contributed by atoms with Gasteiger partial charge in [-0.2, -0.15) is 35.1 Å². The quantitative estimate of drug-likeness (QED) is 0.739. The maximum Gasteiger partial charge on any atom is 0.423 e. The molecule has 1 N–H and O–H groups in total. The van der Waals surface area contributed by atoms with Gasteiger partial charge in [0.15, 0.2) is 6.17 Å². The normalized spacial score (nSPS) is 18.3. The van der Waals surface area contributed by atoms with E-state index >= 15 is 0 Å². The Hall–Kier alpha value is -0.880. The second-order valence-corrected chi connectivity index (χ2v) is 3.49. The molecule has 0 saturated heterocycles. The molecule has 0 aromatic carbocycles. The van der Waals surface area contributed by atoms with Crippen LogP contribution in [-0.4, -0.2) is 47.8 Å². The summed E-state index contributed by atoms with van der Waals surface area (Å²) in [5, 5.41) is 7.41. The summed E-state index contributed by atoms with van der Waals surface area (Å²) in [7, 11) is 0. The highest BCUT2D eigenvalue weighted by Crippen LogP contribution is 2.54. The van der Waals surface area contributed by atoms with E-state index in [-0.39, 0.29) is 0 Å². The number of hydrogen-bond donors (Lipinski definition) is 1. The second-order valence-electron chi connectivity index (χ2n) is 3.49. The van der Waals surface area contributed by atoms with Crippen LogP contribution in [0, 0.1) is 0 Å². The third kappa shape index (κ3) is 2.76. The average Bonchev–Trinajstić information content (AvgIpc) is 2.24. The molecule has 122 valence electrons. The van der Waals surface area contributed by atoms with Gasteiger partial charge in [-0.3, -0.25) is 0 Å². The molecule has 2 unspecified atom stereocenters. The van der Waals surface area contributed by atoms with Crippen molar-refractivity contribution in [3.63, 3.8) is 0 Å². The monoisotopic (exact) mass is 332 g/mol. The summed E-state index contributed by atoms with van der Waals surface area (Å²) in [5.41, 5.74) is 0. The summed E-state index contributed by atoms with van der Waals surface area (Å²) in [4.78, 5) is 0. The van der Waals surface area contributed by atoms with Crippen LogP contribution in [-0.2, 0) is 0 Å². The van der Waals surface area contributed by atoms with Crippen LogP contribution in [0.15, 0.2) is 0 Å². The van der Waals surface area contributed by atoms with Crippen molar-refractivity contribution in [1.82, 2.24) is 0 Å². The SMILES string of the molecule is OC(F)(F)C(F)(F)C(F)(F)C(F)(F)C(F)C(F)C(F)F. The lowest BCUT2D eigenvalue weighted by Crippen LogP contribution is -2.66. The zero-order valence-electron chi connectivity index (χ0n) is 8.71. The van der Waals surface area contributed by atoms with Crippen LogP contribution in [0.5, 0.6) is 0 Å². The Kier molecular flexibility index (Phi) is 4.92. The van der Waals surface area contributed by atoms with Crippen LogP contribution in [0.4, 0.5) is 52.7 Å². The summed E-state index contributed by atoms with van der Waals surface area (Å²) < 4.78 is 146. The van der Waals surface area contributed by atoms with Crippen molar-refractivity contribution in [2.24, 2.45) is 0 Å². The third-order valence-corrected chi connectivity index (χ3v) is 2.06. The molecular formula is C7H4F12O. The van der Waals surface area contributed by atoms with Crippen LogP contribution < -0.4 is 0 Å². The fourth-order valence-corrected chi connectivity index (χ4v) is 0.899. The molecular weight excluding hydrogens is 328 g/mol. The Balaban J connectivity index is 5.69. The smallest absolute Gasteiger partial charge is 0.331 e. The van der Waals surface area contributed by atoms with E-state index in [0.29, 0.717) is 0 Å². The van der Waals surface area contributed by atoms with Gasteiger partial charge in [0.2, 0.25) is 6.17 Å². The number of halogens is 12. The van der Waals surface area contributed by atoms with Crippen LogP contribution in [0.25, 0.3) is 0 Å². The van der Waals surface area contributed by atoms with Crippen LogP contribution in [0.1, 0.15) is 0 Å². The molecule has 0 aliphatic heterocycles. The van der Waals surface area contributed by atoms with E-state index in [1.807, 2.05) is 0 Å². The van der Waals surface area contributed by atoms with Gasteiger partial charge in [-0.25, -0.2) is 17.6 Å². The number of aliphatic hydroxyl groups is 1. The first-order valence-electron chi connectivity index (χ1n) is 4.31. The molecule has 0 rings (SSSR count). The van der Waals surface area contributed by atoms with E-state index in [1.165, 1.54) is 0 Å². The molecule has 2 atom stereocenters. The molecule has 0 aliphatic carbocycles.